The summed E-state index contributed by atoms with van der Waals surface area (Å²) in [7, 11) is -15.1. The maximum atomic E-state index is 15.2. The van der Waals surface area contributed by atoms with Gasteiger partial charge in [-0.15, -0.1) is 6.58 Å². The number of nitrogens with two attached hydrogens (primary N) is 1. The lowest BCUT2D eigenvalue weighted by Crippen LogP contribution is -2.24. The number of hydrogen-bond acceptors (Lipinski definition) is 12. The third-order valence-electron chi connectivity index (χ3n) is 4.42. The van der Waals surface area contributed by atoms with Gasteiger partial charge in [0.1, 0.15) is 0 Å². The number of aromatic nitrogens is 4. The lowest BCUT2D eigenvalue weighted by atomic mass is 10.00. The molecule has 6 atom stereocenters. The van der Waals surface area contributed by atoms with Crippen molar-refractivity contribution in [1.29, 1.82) is 0 Å². The van der Waals surface area contributed by atoms with Crippen LogP contribution < -0.4 is 11.1 Å². The molecule has 0 saturated carbocycles. The van der Waals surface area contributed by atoms with Crippen molar-refractivity contribution in [1.82, 2.24) is 19.5 Å². The molecule has 2 unspecified atom stereocenters. The van der Waals surface area contributed by atoms with Gasteiger partial charge in [-0.2, -0.15) is 18.6 Å². The molecule has 0 spiro atoms. The molecular formula is C13H20FN6O11P3. The average Bonchev–Trinajstić information content (AvgIpc) is 3.23. The number of anilines is 2. The molecule has 3 rings (SSSR count). The second kappa shape index (κ2) is 9.68. The second-order valence-electron chi connectivity index (χ2n) is 6.71. The van der Waals surface area contributed by atoms with Gasteiger partial charge < -0.3 is 35.4 Å². The van der Waals surface area contributed by atoms with E-state index in [1.807, 2.05) is 0 Å². The Labute approximate surface area is 190 Å². The summed E-state index contributed by atoms with van der Waals surface area (Å²) in [6.07, 6.45) is -2.01. The molecule has 0 bridgehead atoms. The Balaban J connectivity index is 1.78. The zero-order chi connectivity index (χ0) is 25.5. The van der Waals surface area contributed by atoms with E-state index in [4.69, 9.17) is 20.3 Å². The molecule has 17 nitrogen and oxygen atoms in total. The zero-order valence-electron chi connectivity index (χ0n) is 17.1. The van der Waals surface area contributed by atoms with Crippen LogP contribution in [0.15, 0.2) is 19.0 Å². The van der Waals surface area contributed by atoms with Gasteiger partial charge in [0.2, 0.25) is 5.95 Å². The second-order valence-corrected chi connectivity index (χ2v) is 11.1. The highest BCUT2D eigenvalue weighted by Gasteiger charge is 2.47. The summed E-state index contributed by atoms with van der Waals surface area (Å²) < 4.78 is 67.9. The number of rotatable bonds is 10. The van der Waals surface area contributed by atoms with Gasteiger partial charge >= 0.3 is 23.5 Å². The Morgan fingerprint density at radius 2 is 1.94 bits per heavy atom. The molecule has 1 aliphatic heterocycles. The minimum absolute atomic E-state index is 0.126. The third kappa shape index (κ3) is 6.05. The fourth-order valence-corrected chi connectivity index (χ4v) is 6.19. The number of hydrogen-bond donors (Lipinski definition) is 6. The van der Waals surface area contributed by atoms with Crippen molar-refractivity contribution >= 4 is 46.4 Å². The van der Waals surface area contributed by atoms with E-state index in [2.05, 4.69) is 40.0 Å². The predicted molar refractivity (Wildman–Crippen MR) is 112 cm³/mol. The lowest BCUT2D eigenvalue weighted by Gasteiger charge is -2.19. The van der Waals surface area contributed by atoms with Crippen molar-refractivity contribution in [2.45, 2.75) is 18.5 Å². The van der Waals surface area contributed by atoms with E-state index in [9.17, 15) is 23.5 Å². The summed E-state index contributed by atoms with van der Waals surface area (Å²) in [5.74, 6) is -0.951. The Morgan fingerprint density at radius 1 is 1.26 bits per heavy atom. The van der Waals surface area contributed by atoms with Crippen LogP contribution in [0.3, 0.4) is 0 Å². The van der Waals surface area contributed by atoms with Crippen LogP contribution in [0, 0.1) is 5.92 Å². The number of nitrogen functional groups attached to an aromatic ring is 1. The van der Waals surface area contributed by atoms with Gasteiger partial charge in [-0.25, -0.2) is 23.1 Å². The number of imidazole rings is 1. The first-order chi connectivity index (χ1) is 15.7. The Kier molecular flexibility index (Phi) is 7.63. The van der Waals surface area contributed by atoms with Crippen molar-refractivity contribution in [2.24, 2.45) is 5.92 Å². The van der Waals surface area contributed by atoms with Crippen molar-refractivity contribution in [3.63, 3.8) is 0 Å². The van der Waals surface area contributed by atoms with E-state index < -0.39 is 54.5 Å². The fraction of sp³-hybridized carbons (Fsp3) is 0.462. The Bertz CT molecular complexity index is 1220. The first-order valence-electron chi connectivity index (χ1n) is 9.04. The maximum Gasteiger partial charge on any atom is 0.490 e. The molecule has 3 heterocycles. The van der Waals surface area contributed by atoms with Gasteiger partial charge in [0.25, 0.3) is 0 Å². The highest BCUT2D eigenvalue weighted by Crippen LogP contribution is 2.66. The van der Waals surface area contributed by atoms with Crippen molar-refractivity contribution in [2.75, 3.05) is 24.7 Å². The largest absolute Gasteiger partial charge is 0.490 e. The van der Waals surface area contributed by atoms with Gasteiger partial charge in [0.05, 0.1) is 19.0 Å². The number of fused-ring (bicyclic) bond motifs is 1. The standard InChI is InChI=1S/C13H20FN6O11P3/c1-3-6-7(4-28-33(24,25)31-34(26,27)30-32(21,22)23)29-12(8(6)14)20-5-17-9-10(16-2)18-13(15)19-11(9)20/h3,5-8,12H,1,4H2,2H3,(H,24,25)(H,26,27)(H2,21,22,23)(H3,15,16,18,19)/t6-,7-,8+,12-/m1/s1. The SMILES string of the molecule is C=C[C@H]1[C@H](F)[C@H](n2cnc3c(NC)nc(N)nc32)O[C@@H]1COP(=O)(O)OP(=O)(O)OP(=O)(O)O. The summed E-state index contributed by atoms with van der Waals surface area (Å²) in [6, 6.07) is 0. The topological polar surface area (TPSA) is 251 Å². The number of ether oxygens (including phenoxy) is 1. The molecule has 1 saturated heterocycles. The monoisotopic (exact) mass is 548 g/mol. The first kappa shape index (κ1) is 26.8. The molecule has 34 heavy (non-hydrogen) atoms. The van der Waals surface area contributed by atoms with E-state index in [0.29, 0.717) is 0 Å². The molecule has 0 aliphatic carbocycles. The van der Waals surface area contributed by atoms with Crippen LogP contribution in [-0.4, -0.2) is 65.0 Å². The fourth-order valence-electron chi connectivity index (χ4n) is 3.16. The van der Waals surface area contributed by atoms with E-state index in [1.165, 1.54) is 10.9 Å². The normalized spacial score (nSPS) is 26.8. The molecule has 21 heteroatoms. The number of alkyl halides is 1. The molecule has 0 radical (unpaired) electrons. The molecular weight excluding hydrogens is 528 g/mol. The number of phosphoric ester groups is 1. The van der Waals surface area contributed by atoms with Crippen LogP contribution in [-0.2, 0) is 31.6 Å². The number of nitrogens with one attached hydrogen (secondary N) is 1. The summed E-state index contributed by atoms with van der Waals surface area (Å²) in [5, 5.41) is 2.77. The number of halogens is 1. The van der Waals surface area contributed by atoms with Crippen molar-refractivity contribution in [3.8, 4) is 0 Å². The lowest BCUT2D eigenvalue weighted by molar-refractivity contribution is -0.0365. The molecule has 2 aromatic heterocycles. The van der Waals surface area contributed by atoms with Gasteiger partial charge in [0, 0.05) is 13.0 Å². The van der Waals surface area contributed by atoms with Gasteiger partial charge in [-0.1, -0.05) is 6.08 Å². The van der Waals surface area contributed by atoms with Crippen LogP contribution in [0.5, 0.6) is 0 Å². The highest BCUT2D eigenvalue weighted by molar-refractivity contribution is 7.66. The highest BCUT2D eigenvalue weighted by atomic mass is 31.3. The summed E-state index contributed by atoms with van der Waals surface area (Å²) >= 11 is 0. The summed E-state index contributed by atoms with van der Waals surface area (Å²) in [4.78, 5) is 48.1. The molecule has 0 aromatic carbocycles. The Hall–Kier alpha value is -1.81. The predicted octanol–water partition coefficient (Wildman–Crippen LogP) is 0.831. The van der Waals surface area contributed by atoms with E-state index in [-0.39, 0.29) is 22.9 Å². The quantitative estimate of drug-likeness (QED) is 0.178. The maximum absolute atomic E-state index is 15.2. The third-order valence-corrected chi connectivity index (χ3v) is 8.23. The minimum atomic E-state index is -5.70. The molecule has 0 amide bonds. The smallest absolute Gasteiger partial charge is 0.371 e. The van der Waals surface area contributed by atoms with E-state index >= 15 is 4.39 Å². The van der Waals surface area contributed by atoms with Crippen molar-refractivity contribution in [3.05, 3.63) is 19.0 Å². The number of nitrogens with zero attached hydrogens (tertiary/aromatic N) is 4. The van der Waals surface area contributed by atoms with Crippen LogP contribution in [0.4, 0.5) is 16.2 Å². The van der Waals surface area contributed by atoms with Crippen molar-refractivity contribution < 1.29 is 55.5 Å². The van der Waals surface area contributed by atoms with Crippen LogP contribution in [0.25, 0.3) is 11.2 Å². The van der Waals surface area contributed by atoms with Gasteiger partial charge in [-0.3, -0.25) is 9.09 Å². The average molecular weight is 548 g/mol. The summed E-state index contributed by atoms with van der Waals surface area (Å²) in [6.45, 7) is 2.64. The minimum Gasteiger partial charge on any atom is -0.371 e. The molecule has 2 aromatic rings. The molecule has 7 N–H and O–H groups in total. The van der Waals surface area contributed by atoms with E-state index in [0.717, 1.165) is 6.08 Å². The van der Waals surface area contributed by atoms with Gasteiger partial charge in [-0.05, 0) is 0 Å². The van der Waals surface area contributed by atoms with Crippen LogP contribution in [0.2, 0.25) is 0 Å². The van der Waals surface area contributed by atoms with Crippen LogP contribution >= 0.6 is 23.5 Å². The van der Waals surface area contributed by atoms with Gasteiger partial charge in [0.15, 0.2) is 29.4 Å². The number of phosphoric acid groups is 3. The molecule has 190 valence electrons. The Morgan fingerprint density at radius 3 is 2.53 bits per heavy atom. The summed E-state index contributed by atoms with van der Waals surface area (Å²) in [5.41, 5.74) is 6.07. The van der Waals surface area contributed by atoms with Crippen LogP contribution in [0.1, 0.15) is 6.23 Å². The molecule has 1 fully saturated rings. The molecule has 1 aliphatic rings. The zero-order valence-corrected chi connectivity index (χ0v) is 19.8. The first-order valence-corrected chi connectivity index (χ1v) is 13.6. The van der Waals surface area contributed by atoms with E-state index in [1.54, 1.807) is 7.05 Å².